The zero-order valence-corrected chi connectivity index (χ0v) is 7.73. The maximum absolute atomic E-state index is 10.7. The summed E-state index contributed by atoms with van der Waals surface area (Å²) in [4.78, 5) is 11.7. The second-order valence-corrected chi connectivity index (χ2v) is 3.93. The Morgan fingerprint density at radius 2 is 2.38 bits per heavy atom. The van der Waals surface area contributed by atoms with Crippen molar-refractivity contribution in [3.8, 4) is 0 Å². The van der Waals surface area contributed by atoms with Gasteiger partial charge in [-0.2, -0.15) is 0 Å². The Morgan fingerprint density at radius 1 is 1.54 bits per heavy atom. The smallest absolute Gasteiger partial charge is 0.335 e. The lowest BCUT2D eigenvalue weighted by molar-refractivity contribution is 0.0696. The average molecular weight is 195 g/mol. The van der Waals surface area contributed by atoms with Crippen molar-refractivity contribution < 1.29 is 9.90 Å². The fraction of sp³-hybridized carbons (Fsp3) is 0.222. The second kappa shape index (κ2) is 3.30. The molecule has 68 valence electrons. The molecule has 4 heteroatoms. The van der Waals surface area contributed by atoms with Gasteiger partial charge in [-0.1, -0.05) is 0 Å². The second-order valence-electron chi connectivity index (χ2n) is 2.79. The van der Waals surface area contributed by atoms with E-state index in [9.17, 15) is 4.79 Å². The number of rotatable bonds is 1. The highest BCUT2D eigenvalue weighted by Gasteiger charge is 2.11. The number of anilines is 1. The van der Waals surface area contributed by atoms with Crippen LogP contribution in [0, 0.1) is 0 Å². The number of fused-ring (bicyclic) bond motifs is 1. The first-order valence-electron chi connectivity index (χ1n) is 4.01. The van der Waals surface area contributed by atoms with Crippen LogP contribution in [0.25, 0.3) is 0 Å². The average Bonchev–Trinajstić information content (AvgIpc) is 2.17. The molecule has 1 aromatic rings. The van der Waals surface area contributed by atoms with Gasteiger partial charge < -0.3 is 10.4 Å². The van der Waals surface area contributed by atoms with E-state index in [1.807, 2.05) is 6.07 Å². The minimum absolute atomic E-state index is 0.356. The van der Waals surface area contributed by atoms with Crippen LogP contribution in [0.15, 0.2) is 23.1 Å². The molecule has 0 saturated heterocycles. The van der Waals surface area contributed by atoms with Gasteiger partial charge in [0.1, 0.15) is 0 Å². The first-order chi connectivity index (χ1) is 6.27. The third-order valence-electron chi connectivity index (χ3n) is 1.90. The molecule has 0 atom stereocenters. The van der Waals surface area contributed by atoms with Crippen molar-refractivity contribution in [1.29, 1.82) is 0 Å². The molecule has 2 rings (SSSR count). The van der Waals surface area contributed by atoms with E-state index in [4.69, 9.17) is 5.11 Å². The lowest BCUT2D eigenvalue weighted by Crippen LogP contribution is -2.10. The molecule has 0 saturated carbocycles. The van der Waals surface area contributed by atoms with E-state index in [-0.39, 0.29) is 0 Å². The summed E-state index contributed by atoms with van der Waals surface area (Å²) in [6.45, 7) is 0.948. The molecule has 0 amide bonds. The molecular weight excluding hydrogens is 186 g/mol. The molecule has 1 heterocycles. The third kappa shape index (κ3) is 1.62. The van der Waals surface area contributed by atoms with Crippen LogP contribution < -0.4 is 5.32 Å². The van der Waals surface area contributed by atoms with Crippen LogP contribution in [0.5, 0.6) is 0 Å². The molecule has 0 spiro atoms. The Labute approximate surface area is 80.1 Å². The van der Waals surface area contributed by atoms with Crippen molar-refractivity contribution in [3.05, 3.63) is 23.8 Å². The fourth-order valence-electron chi connectivity index (χ4n) is 1.27. The summed E-state index contributed by atoms with van der Waals surface area (Å²) in [6, 6.07) is 5.17. The maximum atomic E-state index is 10.7. The number of carbonyl (C=O) groups is 1. The molecule has 0 unspecified atom stereocenters. The van der Waals surface area contributed by atoms with Gasteiger partial charge in [-0.05, 0) is 18.2 Å². The normalized spacial score (nSPS) is 14.5. The first kappa shape index (κ1) is 8.44. The predicted molar refractivity (Wildman–Crippen MR) is 52.6 cm³/mol. The van der Waals surface area contributed by atoms with Gasteiger partial charge in [0.25, 0.3) is 0 Å². The summed E-state index contributed by atoms with van der Waals surface area (Å²) in [7, 11) is 0. The number of hydrogen-bond donors (Lipinski definition) is 2. The van der Waals surface area contributed by atoms with Crippen LogP contribution >= 0.6 is 11.8 Å². The van der Waals surface area contributed by atoms with E-state index in [2.05, 4.69) is 5.32 Å². The number of nitrogens with one attached hydrogen (secondary N) is 1. The standard InChI is InChI=1S/C9H9NO2S/c11-9(12)6-1-2-7-8(5-6)13-4-3-10-7/h1-2,5,10H,3-4H2,(H,11,12). The minimum atomic E-state index is -0.867. The van der Waals surface area contributed by atoms with Gasteiger partial charge in [-0.15, -0.1) is 11.8 Å². The Balaban J connectivity index is 2.40. The van der Waals surface area contributed by atoms with Gasteiger partial charge in [0.15, 0.2) is 0 Å². The molecule has 13 heavy (non-hydrogen) atoms. The van der Waals surface area contributed by atoms with Crippen LogP contribution in [0.2, 0.25) is 0 Å². The zero-order chi connectivity index (χ0) is 9.26. The molecule has 1 aromatic carbocycles. The summed E-state index contributed by atoms with van der Waals surface area (Å²) >= 11 is 1.69. The van der Waals surface area contributed by atoms with Crippen molar-refractivity contribution in [3.63, 3.8) is 0 Å². The molecule has 0 aromatic heterocycles. The molecule has 1 aliphatic rings. The predicted octanol–water partition coefficient (Wildman–Crippen LogP) is 1.90. The van der Waals surface area contributed by atoms with Crippen LogP contribution in [0.3, 0.4) is 0 Å². The van der Waals surface area contributed by atoms with E-state index in [0.29, 0.717) is 5.56 Å². The Kier molecular flexibility index (Phi) is 2.14. The number of hydrogen-bond acceptors (Lipinski definition) is 3. The number of benzene rings is 1. The highest BCUT2D eigenvalue weighted by molar-refractivity contribution is 7.99. The number of carboxylic acids is 1. The largest absolute Gasteiger partial charge is 0.478 e. The quantitative estimate of drug-likeness (QED) is 0.718. The highest BCUT2D eigenvalue weighted by atomic mass is 32.2. The van der Waals surface area contributed by atoms with Crippen molar-refractivity contribution in [2.45, 2.75) is 4.90 Å². The van der Waals surface area contributed by atoms with Crippen molar-refractivity contribution >= 4 is 23.4 Å². The van der Waals surface area contributed by atoms with Crippen molar-refractivity contribution in [1.82, 2.24) is 0 Å². The van der Waals surface area contributed by atoms with Crippen molar-refractivity contribution in [2.75, 3.05) is 17.6 Å². The molecule has 0 aliphatic carbocycles. The summed E-state index contributed by atoms with van der Waals surface area (Å²) in [6.07, 6.45) is 0. The van der Waals surface area contributed by atoms with E-state index >= 15 is 0 Å². The highest BCUT2D eigenvalue weighted by Crippen LogP contribution is 2.31. The summed E-state index contributed by atoms with van der Waals surface area (Å²) in [5, 5.41) is 12.0. The third-order valence-corrected chi connectivity index (χ3v) is 2.96. The molecule has 0 fully saturated rings. The van der Waals surface area contributed by atoms with Crippen molar-refractivity contribution in [2.24, 2.45) is 0 Å². The monoisotopic (exact) mass is 195 g/mol. The zero-order valence-electron chi connectivity index (χ0n) is 6.91. The SMILES string of the molecule is O=C(O)c1ccc2c(c1)SCCN2. The maximum Gasteiger partial charge on any atom is 0.335 e. The number of aromatic carboxylic acids is 1. The van der Waals surface area contributed by atoms with Crippen LogP contribution in [-0.4, -0.2) is 23.4 Å². The Hall–Kier alpha value is -1.16. The topological polar surface area (TPSA) is 49.3 Å². The lowest BCUT2D eigenvalue weighted by Gasteiger charge is -2.17. The number of carboxylic acid groups (broad SMARTS) is 1. The molecular formula is C9H9NO2S. The fourth-order valence-corrected chi connectivity index (χ4v) is 2.20. The molecule has 2 N–H and O–H groups in total. The summed E-state index contributed by atoms with van der Waals surface area (Å²) in [5.41, 5.74) is 1.40. The molecule has 0 radical (unpaired) electrons. The minimum Gasteiger partial charge on any atom is -0.478 e. The molecule has 0 bridgehead atoms. The van der Waals surface area contributed by atoms with E-state index in [0.717, 1.165) is 22.9 Å². The van der Waals surface area contributed by atoms with Crippen LogP contribution in [0.1, 0.15) is 10.4 Å². The van der Waals surface area contributed by atoms with E-state index in [1.54, 1.807) is 23.9 Å². The van der Waals surface area contributed by atoms with E-state index in [1.165, 1.54) is 0 Å². The van der Waals surface area contributed by atoms with E-state index < -0.39 is 5.97 Å². The van der Waals surface area contributed by atoms with Gasteiger partial charge in [-0.3, -0.25) is 0 Å². The number of thioether (sulfide) groups is 1. The summed E-state index contributed by atoms with van der Waals surface area (Å²) in [5.74, 6) is 0.129. The van der Waals surface area contributed by atoms with Crippen LogP contribution in [0.4, 0.5) is 5.69 Å². The van der Waals surface area contributed by atoms with Gasteiger partial charge in [0.2, 0.25) is 0 Å². The van der Waals surface area contributed by atoms with Gasteiger partial charge in [-0.25, -0.2) is 4.79 Å². The first-order valence-corrected chi connectivity index (χ1v) is 5.00. The summed E-state index contributed by atoms with van der Waals surface area (Å²) < 4.78 is 0. The Morgan fingerprint density at radius 3 is 3.15 bits per heavy atom. The Bertz CT molecular complexity index is 351. The van der Waals surface area contributed by atoms with Gasteiger partial charge in [0.05, 0.1) is 5.56 Å². The van der Waals surface area contributed by atoms with Gasteiger partial charge >= 0.3 is 5.97 Å². The molecule has 3 nitrogen and oxygen atoms in total. The lowest BCUT2D eigenvalue weighted by atomic mass is 10.2. The van der Waals surface area contributed by atoms with Crippen LogP contribution in [-0.2, 0) is 0 Å². The molecule has 1 aliphatic heterocycles. The van der Waals surface area contributed by atoms with Gasteiger partial charge in [0, 0.05) is 22.9 Å².